The Morgan fingerprint density at radius 3 is 2.63 bits per heavy atom. The Morgan fingerprint density at radius 1 is 1.26 bits per heavy atom. The molecule has 2 rings (SSSR count). The monoisotopic (exact) mass is 265 g/mol. The zero-order chi connectivity index (χ0) is 13.7. The minimum atomic E-state index is 0.458. The highest BCUT2D eigenvalue weighted by atomic mass is 16.5. The second-order valence-corrected chi connectivity index (χ2v) is 6.32. The molecule has 0 amide bonds. The number of hydrogen-bond acceptors (Lipinski definition) is 4. The molecule has 1 aliphatic carbocycles. The van der Waals surface area contributed by atoms with E-state index in [-0.39, 0.29) is 0 Å². The smallest absolute Gasteiger partial charge is 0.226 e. The molecular weight excluding hydrogens is 238 g/mol. The third kappa shape index (κ3) is 4.30. The van der Waals surface area contributed by atoms with Gasteiger partial charge in [0.05, 0.1) is 0 Å². The number of nitrogens with zero attached hydrogens (tertiary/aromatic N) is 2. The minimum Gasteiger partial charge on any atom is -0.339 e. The van der Waals surface area contributed by atoms with Crippen LogP contribution in [0.3, 0.4) is 0 Å². The Morgan fingerprint density at radius 2 is 2.00 bits per heavy atom. The third-order valence-corrected chi connectivity index (χ3v) is 4.06. The van der Waals surface area contributed by atoms with E-state index in [1.54, 1.807) is 0 Å². The quantitative estimate of drug-likeness (QED) is 0.857. The summed E-state index contributed by atoms with van der Waals surface area (Å²) in [6.07, 6.45) is 8.33. The van der Waals surface area contributed by atoms with Crippen LogP contribution < -0.4 is 5.73 Å². The second kappa shape index (κ2) is 7.04. The first-order chi connectivity index (χ1) is 9.19. The SMILES string of the molecule is CC(C)CC(CN)Cc1nc(C2CCCCC2)no1. The zero-order valence-corrected chi connectivity index (χ0v) is 12.3. The van der Waals surface area contributed by atoms with E-state index in [0.29, 0.717) is 24.3 Å². The summed E-state index contributed by atoms with van der Waals surface area (Å²) in [6.45, 7) is 5.15. The van der Waals surface area contributed by atoms with E-state index >= 15 is 0 Å². The summed E-state index contributed by atoms with van der Waals surface area (Å²) < 4.78 is 5.42. The maximum Gasteiger partial charge on any atom is 0.226 e. The second-order valence-electron chi connectivity index (χ2n) is 6.32. The molecule has 0 aromatic carbocycles. The first kappa shape index (κ1) is 14.5. The highest BCUT2D eigenvalue weighted by Gasteiger charge is 2.22. The lowest BCUT2D eigenvalue weighted by Crippen LogP contribution is -2.19. The van der Waals surface area contributed by atoms with Gasteiger partial charge >= 0.3 is 0 Å². The van der Waals surface area contributed by atoms with Gasteiger partial charge in [0.2, 0.25) is 5.89 Å². The van der Waals surface area contributed by atoms with E-state index in [9.17, 15) is 0 Å². The van der Waals surface area contributed by atoms with Gasteiger partial charge in [0.15, 0.2) is 5.82 Å². The van der Waals surface area contributed by atoms with E-state index in [1.807, 2.05) is 0 Å². The minimum absolute atomic E-state index is 0.458. The van der Waals surface area contributed by atoms with Gasteiger partial charge in [0.1, 0.15) is 0 Å². The Balaban J connectivity index is 1.92. The molecule has 1 saturated carbocycles. The molecule has 1 aliphatic rings. The lowest BCUT2D eigenvalue weighted by molar-refractivity contribution is 0.325. The van der Waals surface area contributed by atoms with Gasteiger partial charge < -0.3 is 10.3 Å². The van der Waals surface area contributed by atoms with Crippen LogP contribution in [0.15, 0.2) is 4.52 Å². The molecule has 0 aliphatic heterocycles. The van der Waals surface area contributed by atoms with Crippen LogP contribution in [-0.4, -0.2) is 16.7 Å². The molecule has 1 atom stereocenters. The van der Waals surface area contributed by atoms with Crippen molar-refractivity contribution in [1.29, 1.82) is 0 Å². The van der Waals surface area contributed by atoms with Crippen molar-refractivity contribution < 1.29 is 4.52 Å². The van der Waals surface area contributed by atoms with Crippen molar-refractivity contribution in [3.05, 3.63) is 11.7 Å². The van der Waals surface area contributed by atoms with Gasteiger partial charge in [0.25, 0.3) is 0 Å². The summed E-state index contributed by atoms with van der Waals surface area (Å²) in [4.78, 5) is 4.60. The average molecular weight is 265 g/mol. The number of hydrogen-bond donors (Lipinski definition) is 1. The van der Waals surface area contributed by atoms with Gasteiger partial charge in [-0.1, -0.05) is 38.3 Å². The summed E-state index contributed by atoms with van der Waals surface area (Å²) in [7, 11) is 0. The highest BCUT2D eigenvalue weighted by molar-refractivity contribution is 4.97. The largest absolute Gasteiger partial charge is 0.339 e. The predicted molar refractivity (Wildman–Crippen MR) is 75.8 cm³/mol. The number of rotatable bonds is 6. The normalized spacial score (nSPS) is 18.9. The standard InChI is InChI=1S/C15H27N3O/c1-11(2)8-12(10-16)9-14-17-15(18-19-14)13-6-4-3-5-7-13/h11-13H,3-10,16H2,1-2H3. The molecule has 2 N–H and O–H groups in total. The Bertz CT molecular complexity index is 369. The van der Waals surface area contributed by atoms with Crippen LogP contribution in [0.4, 0.5) is 0 Å². The molecule has 4 nitrogen and oxygen atoms in total. The molecule has 1 unspecified atom stereocenters. The van der Waals surface area contributed by atoms with E-state index in [1.165, 1.54) is 32.1 Å². The van der Waals surface area contributed by atoms with Crippen LogP contribution in [0, 0.1) is 11.8 Å². The van der Waals surface area contributed by atoms with Crippen LogP contribution in [0.5, 0.6) is 0 Å². The molecule has 0 radical (unpaired) electrons. The fraction of sp³-hybridized carbons (Fsp3) is 0.867. The van der Waals surface area contributed by atoms with E-state index in [2.05, 4.69) is 24.0 Å². The van der Waals surface area contributed by atoms with Crippen LogP contribution in [-0.2, 0) is 6.42 Å². The van der Waals surface area contributed by atoms with Gasteiger partial charge in [-0.3, -0.25) is 0 Å². The Labute approximate surface area is 116 Å². The van der Waals surface area contributed by atoms with Crippen molar-refractivity contribution >= 4 is 0 Å². The van der Waals surface area contributed by atoms with Crippen molar-refractivity contribution in [1.82, 2.24) is 10.1 Å². The van der Waals surface area contributed by atoms with E-state index in [4.69, 9.17) is 10.3 Å². The van der Waals surface area contributed by atoms with Crippen LogP contribution in [0.25, 0.3) is 0 Å². The fourth-order valence-electron chi connectivity index (χ4n) is 3.05. The predicted octanol–water partition coefficient (Wildman–Crippen LogP) is 3.28. The van der Waals surface area contributed by atoms with E-state index in [0.717, 1.165) is 24.6 Å². The lowest BCUT2D eigenvalue weighted by atomic mass is 9.89. The molecule has 1 heterocycles. The lowest BCUT2D eigenvalue weighted by Gasteiger charge is -2.17. The van der Waals surface area contributed by atoms with E-state index < -0.39 is 0 Å². The maximum atomic E-state index is 5.83. The first-order valence-electron chi connectivity index (χ1n) is 7.71. The summed E-state index contributed by atoms with van der Waals surface area (Å²) in [5.74, 6) is 3.34. The topological polar surface area (TPSA) is 64.9 Å². The number of nitrogens with two attached hydrogens (primary N) is 1. The van der Waals surface area contributed by atoms with Crippen molar-refractivity contribution in [3.8, 4) is 0 Å². The maximum absolute atomic E-state index is 5.83. The Hall–Kier alpha value is -0.900. The molecular formula is C15H27N3O. The zero-order valence-electron chi connectivity index (χ0n) is 12.3. The first-order valence-corrected chi connectivity index (χ1v) is 7.71. The molecule has 108 valence electrons. The summed E-state index contributed by atoms with van der Waals surface area (Å²) in [5.41, 5.74) is 5.83. The molecule has 0 saturated heterocycles. The van der Waals surface area contributed by atoms with Gasteiger partial charge in [-0.15, -0.1) is 0 Å². The molecule has 0 bridgehead atoms. The fourth-order valence-corrected chi connectivity index (χ4v) is 3.05. The van der Waals surface area contributed by atoms with Crippen molar-refractivity contribution in [2.24, 2.45) is 17.6 Å². The average Bonchev–Trinajstić information content (AvgIpc) is 2.87. The van der Waals surface area contributed by atoms with Crippen LogP contribution >= 0.6 is 0 Å². The molecule has 1 aromatic rings. The number of aromatic nitrogens is 2. The molecule has 0 spiro atoms. The molecule has 1 aromatic heterocycles. The highest BCUT2D eigenvalue weighted by Crippen LogP contribution is 2.31. The van der Waals surface area contributed by atoms with Crippen molar-refractivity contribution in [2.45, 2.75) is 64.7 Å². The Kier molecular flexibility index (Phi) is 5.37. The summed E-state index contributed by atoms with van der Waals surface area (Å²) in [5, 5.41) is 4.18. The van der Waals surface area contributed by atoms with Gasteiger partial charge in [-0.05, 0) is 37.6 Å². The molecule has 19 heavy (non-hydrogen) atoms. The summed E-state index contributed by atoms with van der Waals surface area (Å²) >= 11 is 0. The van der Waals surface area contributed by atoms with Crippen molar-refractivity contribution in [2.75, 3.05) is 6.54 Å². The van der Waals surface area contributed by atoms with Gasteiger partial charge in [-0.2, -0.15) is 4.98 Å². The van der Waals surface area contributed by atoms with Crippen LogP contribution in [0.1, 0.15) is 70.0 Å². The molecule has 4 heteroatoms. The van der Waals surface area contributed by atoms with Crippen LogP contribution in [0.2, 0.25) is 0 Å². The summed E-state index contributed by atoms with van der Waals surface area (Å²) in [6, 6.07) is 0. The van der Waals surface area contributed by atoms with Gasteiger partial charge in [0, 0.05) is 12.3 Å². The molecule has 1 fully saturated rings. The third-order valence-electron chi connectivity index (χ3n) is 4.06. The van der Waals surface area contributed by atoms with Gasteiger partial charge in [-0.25, -0.2) is 0 Å². The van der Waals surface area contributed by atoms with Crippen molar-refractivity contribution in [3.63, 3.8) is 0 Å².